The molecule has 0 saturated carbocycles. The first-order valence-corrected chi connectivity index (χ1v) is 6.02. The van der Waals surface area contributed by atoms with Crippen LogP contribution in [0.15, 0.2) is 54.6 Å². The number of anilines is 1. The minimum atomic E-state index is -1.12. The lowest BCUT2D eigenvalue weighted by atomic mass is 10.1. The first kappa shape index (κ1) is 13.6. The molecule has 2 aromatic rings. The molecule has 4 N–H and O–H groups in total. The van der Waals surface area contributed by atoms with Crippen LogP contribution in [0.2, 0.25) is 0 Å². The van der Waals surface area contributed by atoms with Crippen molar-refractivity contribution in [3.8, 4) is 0 Å². The minimum Gasteiger partial charge on any atom is -0.479 e. The van der Waals surface area contributed by atoms with Crippen molar-refractivity contribution in [2.45, 2.75) is 6.04 Å². The molecule has 0 aromatic heterocycles. The van der Waals surface area contributed by atoms with Crippen molar-refractivity contribution in [1.29, 1.82) is 0 Å². The zero-order valence-corrected chi connectivity index (χ0v) is 10.6. The second-order valence-electron chi connectivity index (χ2n) is 4.28. The number of benzene rings is 2. The van der Waals surface area contributed by atoms with Gasteiger partial charge in [-0.3, -0.25) is 4.79 Å². The van der Waals surface area contributed by atoms with Crippen molar-refractivity contribution in [2.75, 3.05) is 5.73 Å². The van der Waals surface area contributed by atoms with Crippen LogP contribution in [0.5, 0.6) is 0 Å². The van der Waals surface area contributed by atoms with E-state index in [1.54, 1.807) is 48.5 Å². The van der Waals surface area contributed by atoms with Crippen LogP contribution < -0.4 is 11.1 Å². The number of hydrogen-bond acceptors (Lipinski definition) is 3. The number of nitrogens with two attached hydrogens (primary N) is 1. The molecule has 5 heteroatoms. The summed E-state index contributed by atoms with van der Waals surface area (Å²) in [4.78, 5) is 23.3. The van der Waals surface area contributed by atoms with Crippen LogP contribution in [0.3, 0.4) is 0 Å². The number of carbonyl (C=O) groups is 2. The normalized spacial score (nSPS) is 11.6. The Kier molecular flexibility index (Phi) is 4.00. The second-order valence-corrected chi connectivity index (χ2v) is 4.28. The Labute approximate surface area is 116 Å². The third-order valence-corrected chi connectivity index (χ3v) is 2.80. The van der Waals surface area contributed by atoms with Gasteiger partial charge in [0.05, 0.1) is 0 Å². The quantitative estimate of drug-likeness (QED) is 0.739. The molecule has 0 radical (unpaired) electrons. The molecule has 0 aliphatic carbocycles. The van der Waals surface area contributed by atoms with E-state index in [9.17, 15) is 14.7 Å². The number of carbonyl (C=O) groups excluding carboxylic acids is 1. The summed E-state index contributed by atoms with van der Waals surface area (Å²) in [5.74, 6) is -1.60. The fourth-order valence-electron chi connectivity index (χ4n) is 1.83. The molecule has 0 aliphatic heterocycles. The number of hydrogen-bond donors (Lipinski definition) is 3. The molecule has 102 valence electrons. The van der Waals surface area contributed by atoms with E-state index in [2.05, 4.69) is 5.32 Å². The summed E-state index contributed by atoms with van der Waals surface area (Å²) in [6.45, 7) is 0. The molecule has 0 bridgehead atoms. The minimum absolute atomic E-state index is 0.326. The summed E-state index contributed by atoms with van der Waals surface area (Å²) < 4.78 is 0. The molecule has 2 rings (SSSR count). The number of amides is 1. The smallest absolute Gasteiger partial charge is 0.330 e. The van der Waals surface area contributed by atoms with E-state index in [4.69, 9.17) is 5.73 Å². The van der Waals surface area contributed by atoms with Crippen molar-refractivity contribution in [1.82, 2.24) is 5.32 Å². The lowest BCUT2D eigenvalue weighted by Gasteiger charge is -2.15. The Morgan fingerprint density at radius 1 is 1.05 bits per heavy atom. The molecule has 1 amide bonds. The molecule has 0 saturated heterocycles. The van der Waals surface area contributed by atoms with E-state index < -0.39 is 17.9 Å². The maximum absolute atomic E-state index is 12.1. The van der Waals surface area contributed by atoms with Crippen LogP contribution in [0.25, 0.3) is 0 Å². The van der Waals surface area contributed by atoms with Crippen molar-refractivity contribution < 1.29 is 14.7 Å². The number of nitrogen functional groups attached to an aromatic ring is 1. The van der Waals surface area contributed by atoms with Crippen molar-refractivity contribution in [3.05, 3.63) is 65.7 Å². The fraction of sp³-hybridized carbons (Fsp3) is 0.0667. The Balaban J connectivity index is 2.21. The largest absolute Gasteiger partial charge is 0.479 e. The highest BCUT2D eigenvalue weighted by molar-refractivity contribution is 5.97. The SMILES string of the molecule is Nc1cccc(C(=O)NC(C(=O)O)c2ccccc2)c1. The predicted molar refractivity (Wildman–Crippen MR) is 75.1 cm³/mol. The van der Waals surface area contributed by atoms with E-state index >= 15 is 0 Å². The highest BCUT2D eigenvalue weighted by Crippen LogP contribution is 2.14. The summed E-state index contributed by atoms with van der Waals surface area (Å²) in [6.07, 6.45) is 0. The molecule has 20 heavy (non-hydrogen) atoms. The predicted octanol–water partition coefficient (Wildman–Crippen LogP) is 1.82. The maximum Gasteiger partial charge on any atom is 0.330 e. The van der Waals surface area contributed by atoms with Gasteiger partial charge in [0.1, 0.15) is 0 Å². The number of nitrogens with one attached hydrogen (secondary N) is 1. The Morgan fingerprint density at radius 3 is 2.35 bits per heavy atom. The molecule has 1 atom stereocenters. The zero-order valence-electron chi connectivity index (χ0n) is 10.6. The number of carboxylic acid groups (broad SMARTS) is 1. The monoisotopic (exact) mass is 270 g/mol. The molecule has 0 heterocycles. The average Bonchev–Trinajstić information content (AvgIpc) is 2.45. The highest BCUT2D eigenvalue weighted by atomic mass is 16.4. The maximum atomic E-state index is 12.1. The van der Waals surface area contributed by atoms with E-state index in [1.807, 2.05) is 0 Å². The summed E-state index contributed by atoms with van der Waals surface area (Å²) in [7, 11) is 0. The van der Waals surface area contributed by atoms with E-state index in [0.717, 1.165) is 0 Å². The lowest BCUT2D eigenvalue weighted by Crippen LogP contribution is -2.33. The van der Waals surface area contributed by atoms with Crippen LogP contribution in [-0.2, 0) is 4.79 Å². The average molecular weight is 270 g/mol. The topological polar surface area (TPSA) is 92.4 Å². The Bertz CT molecular complexity index is 626. The molecule has 0 spiro atoms. The fourth-order valence-corrected chi connectivity index (χ4v) is 1.83. The van der Waals surface area contributed by atoms with Gasteiger partial charge >= 0.3 is 5.97 Å². The molecule has 0 aliphatic rings. The summed E-state index contributed by atoms with van der Waals surface area (Å²) in [5.41, 5.74) is 6.89. The lowest BCUT2D eigenvalue weighted by molar-refractivity contribution is -0.139. The second kappa shape index (κ2) is 5.88. The number of aliphatic carboxylic acids is 1. The van der Waals surface area contributed by atoms with E-state index in [-0.39, 0.29) is 0 Å². The summed E-state index contributed by atoms with van der Waals surface area (Å²) in [6, 6.07) is 13.8. The molecule has 5 nitrogen and oxygen atoms in total. The Morgan fingerprint density at radius 2 is 1.75 bits per heavy atom. The molecular weight excluding hydrogens is 256 g/mol. The number of rotatable bonds is 4. The third-order valence-electron chi connectivity index (χ3n) is 2.80. The zero-order chi connectivity index (χ0) is 14.5. The van der Waals surface area contributed by atoms with Gasteiger partial charge in [-0.2, -0.15) is 0 Å². The Hall–Kier alpha value is -2.82. The van der Waals surface area contributed by atoms with Crippen LogP contribution in [0.1, 0.15) is 22.0 Å². The van der Waals surface area contributed by atoms with Crippen molar-refractivity contribution in [2.24, 2.45) is 0 Å². The van der Waals surface area contributed by atoms with Gasteiger partial charge in [0.25, 0.3) is 5.91 Å². The van der Waals surface area contributed by atoms with Crippen LogP contribution in [0.4, 0.5) is 5.69 Å². The van der Waals surface area contributed by atoms with E-state index in [0.29, 0.717) is 16.8 Å². The van der Waals surface area contributed by atoms with Gasteiger partial charge in [0.15, 0.2) is 6.04 Å². The first-order valence-electron chi connectivity index (χ1n) is 6.02. The van der Waals surface area contributed by atoms with Crippen LogP contribution in [0, 0.1) is 0 Å². The van der Waals surface area contributed by atoms with Gasteiger partial charge in [0, 0.05) is 11.3 Å². The van der Waals surface area contributed by atoms with Crippen molar-refractivity contribution in [3.63, 3.8) is 0 Å². The van der Waals surface area contributed by atoms with Crippen LogP contribution in [-0.4, -0.2) is 17.0 Å². The van der Waals surface area contributed by atoms with E-state index in [1.165, 1.54) is 6.07 Å². The highest BCUT2D eigenvalue weighted by Gasteiger charge is 2.22. The van der Waals surface area contributed by atoms with Gasteiger partial charge in [-0.25, -0.2) is 4.79 Å². The molecular formula is C15H14N2O3. The summed E-state index contributed by atoms with van der Waals surface area (Å²) in [5, 5.41) is 11.7. The van der Waals surface area contributed by atoms with Crippen molar-refractivity contribution >= 4 is 17.6 Å². The van der Waals surface area contributed by atoms with Gasteiger partial charge in [-0.15, -0.1) is 0 Å². The standard InChI is InChI=1S/C15H14N2O3/c16-12-8-4-7-11(9-12)14(18)17-13(15(19)20)10-5-2-1-3-6-10/h1-9,13H,16H2,(H,17,18)(H,19,20). The van der Waals surface area contributed by atoms with Gasteiger partial charge < -0.3 is 16.2 Å². The molecule has 0 fully saturated rings. The molecule has 2 aromatic carbocycles. The summed E-state index contributed by atoms with van der Waals surface area (Å²) >= 11 is 0. The first-order chi connectivity index (χ1) is 9.58. The van der Waals surface area contributed by atoms with Crippen LogP contribution >= 0.6 is 0 Å². The third kappa shape index (κ3) is 3.14. The van der Waals surface area contributed by atoms with Gasteiger partial charge in [0.2, 0.25) is 0 Å². The number of carboxylic acids is 1. The molecule has 1 unspecified atom stereocenters. The van der Waals surface area contributed by atoms with Gasteiger partial charge in [-0.05, 0) is 23.8 Å². The van der Waals surface area contributed by atoms with Gasteiger partial charge in [-0.1, -0.05) is 36.4 Å².